The quantitative estimate of drug-likeness (QED) is 0.719. The van der Waals surface area contributed by atoms with Crippen LogP contribution in [-0.4, -0.2) is 42.4 Å². The Morgan fingerprint density at radius 1 is 1.11 bits per heavy atom. The summed E-state index contributed by atoms with van der Waals surface area (Å²) in [6.45, 7) is 4.57. The fourth-order valence-corrected chi connectivity index (χ4v) is 3.25. The molecule has 0 saturated heterocycles. The molecule has 6 heteroatoms. The van der Waals surface area contributed by atoms with Gasteiger partial charge < -0.3 is 14.4 Å². The van der Waals surface area contributed by atoms with Crippen LogP contribution in [0.1, 0.15) is 51.8 Å². The van der Waals surface area contributed by atoms with E-state index >= 15 is 0 Å². The lowest BCUT2D eigenvalue weighted by atomic mass is 9.93. The molecule has 0 radical (unpaired) electrons. The van der Waals surface area contributed by atoms with Gasteiger partial charge in [0.2, 0.25) is 0 Å². The van der Waals surface area contributed by atoms with Crippen molar-refractivity contribution in [1.29, 1.82) is 0 Å². The van der Waals surface area contributed by atoms with Crippen LogP contribution in [0.4, 0.5) is 0 Å². The Hall–Kier alpha value is -3.15. The topological polar surface area (TPSA) is 72.9 Å². The molecular weight excluding hydrogens is 358 g/mol. The van der Waals surface area contributed by atoms with Crippen LogP contribution in [0.3, 0.4) is 0 Å². The Kier molecular flexibility index (Phi) is 6.09. The molecule has 0 saturated carbocycles. The fraction of sp³-hybridized carbons (Fsp3) is 0.318. The zero-order chi connectivity index (χ0) is 20.1. The number of benzene rings is 2. The average molecular weight is 381 g/mol. The summed E-state index contributed by atoms with van der Waals surface area (Å²) in [6.07, 6.45) is 0.0848. The van der Waals surface area contributed by atoms with Gasteiger partial charge in [-0.3, -0.25) is 4.79 Å². The average Bonchev–Trinajstić information content (AvgIpc) is 2.73. The first kappa shape index (κ1) is 19.6. The Morgan fingerprint density at radius 2 is 1.82 bits per heavy atom. The summed E-state index contributed by atoms with van der Waals surface area (Å²) in [6, 6.07) is 14.2. The molecule has 6 nitrogen and oxygen atoms in total. The van der Waals surface area contributed by atoms with Gasteiger partial charge in [0.05, 0.1) is 11.1 Å². The van der Waals surface area contributed by atoms with E-state index in [-0.39, 0.29) is 12.5 Å². The highest BCUT2D eigenvalue weighted by Crippen LogP contribution is 2.31. The van der Waals surface area contributed by atoms with Gasteiger partial charge in [0.1, 0.15) is 6.10 Å². The van der Waals surface area contributed by atoms with E-state index in [1.54, 1.807) is 17.0 Å². The number of nitrogens with zero attached hydrogens (tertiary/aromatic N) is 1. The maximum Gasteiger partial charge on any atom is 0.339 e. The summed E-state index contributed by atoms with van der Waals surface area (Å²) < 4.78 is 10.7. The second kappa shape index (κ2) is 8.69. The number of hydrogen-bond donors (Lipinski definition) is 0. The Balaban J connectivity index is 1.73. The molecule has 1 aliphatic heterocycles. The van der Waals surface area contributed by atoms with Crippen LogP contribution < -0.4 is 0 Å². The number of likely N-dealkylation sites (N-methyl/N-ethyl adjacent to an activating group) is 1. The molecule has 0 fully saturated rings. The van der Waals surface area contributed by atoms with Crippen LogP contribution >= 0.6 is 0 Å². The third kappa shape index (κ3) is 4.22. The van der Waals surface area contributed by atoms with Gasteiger partial charge >= 0.3 is 11.9 Å². The summed E-state index contributed by atoms with van der Waals surface area (Å²) in [7, 11) is 0. The predicted octanol–water partition coefficient (Wildman–Crippen LogP) is 3.17. The van der Waals surface area contributed by atoms with Gasteiger partial charge in [-0.1, -0.05) is 30.3 Å². The smallest absolute Gasteiger partial charge is 0.339 e. The second-order valence-corrected chi connectivity index (χ2v) is 6.52. The lowest BCUT2D eigenvalue weighted by Crippen LogP contribution is -2.34. The van der Waals surface area contributed by atoms with Crippen molar-refractivity contribution in [2.45, 2.75) is 26.4 Å². The number of fused-ring (bicyclic) bond motifs is 1. The number of cyclic esters (lactones) is 1. The van der Waals surface area contributed by atoms with Crippen LogP contribution in [0.25, 0.3) is 0 Å². The molecule has 0 aliphatic carbocycles. The third-order valence-corrected chi connectivity index (χ3v) is 4.83. The van der Waals surface area contributed by atoms with Crippen molar-refractivity contribution in [3.63, 3.8) is 0 Å². The summed E-state index contributed by atoms with van der Waals surface area (Å²) in [4.78, 5) is 38.3. The van der Waals surface area contributed by atoms with E-state index in [1.165, 1.54) is 6.07 Å². The SMILES string of the molecule is CCN(CC)C(=O)COC(=O)c1ccc2c(c1)CC(c1ccccc1)OC2=O. The predicted molar refractivity (Wildman–Crippen MR) is 103 cm³/mol. The molecule has 1 atom stereocenters. The zero-order valence-electron chi connectivity index (χ0n) is 16.0. The molecule has 1 amide bonds. The van der Waals surface area contributed by atoms with Gasteiger partial charge in [-0.05, 0) is 43.2 Å². The van der Waals surface area contributed by atoms with E-state index in [0.717, 1.165) is 11.1 Å². The molecule has 3 rings (SSSR count). The maximum absolute atomic E-state index is 12.4. The van der Waals surface area contributed by atoms with Crippen LogP contribution in [-0.2, 0) is 20.7 Å². The minimum Gasteiger partial charge on any atom is -0.454 e. The molecule has 0 bridgehead atoms. The number of rotatable bonds is 6. The van der Waals surface area contributed by atoms with Gasteiger partial charge in [0, 0.05) is 19.5 Å². The third-order valence-electron chi connectivity index (χ3n) is 4.83. The summed E-state index contributed by atoms with van der Waals surface area (Å²) in [5, 5.41) is 0. The highest BCUT2D eigenvalue weighted by Gasteiger charge is 2.28. The zero-order valence-corrected chi connectivity index (χ0v) is 16.0. The monoisotopic (exact) mass is 381 g/mol. The highest BCUT2D eigenvalue weighted by atomic mass is 16.5. The lowest BCUT2D eigenvalue weighted by Gasteiger charge is -2.25. The van der Waals surface area contributed by atoms with E-state index in [4.69, 9.17) is 9.47 Å². The van der Waals surface area contributed by atoms with E-state index in [2.05, 4.69) is 0 Å². The maximum atomic E-state index is 12.4. The number of carbonyl (C=O) groups is 3. The Morgan fingerprint density at radius 3 is 2.50 bits per heavy atom. The molecule has 146 valence electrons. The molecule has 1 unspecified atom stereocenters. The van der Waals surface area contributed by atoms with Crippen LogP contribution in [0.5, 0.6) is 0 Å². The molecule has 0 N–H and O–H groups in total. The van der Waals surface area contributed by atoms with Crippen LogP contribution in [0.2, 0.25) is 0 Å². The number of amides is 1. The number of esters is 2. The first-order chi connectivity index (χ1) is 13.5. The first-order valence-electron chi connectivity index (χ1n) is 9.37. The number of carbonyl (C=O) groups excluding carboxylic acids is 3. The van der Waals surface area contributed by atoms with Gasteiger partial charge in [0.25, 0.3) is 5.91 Å². The number of ether oxygens (including phenoxy) is 2. The van der Waals surface area contributed by atoms with E-state index in [1.807, 2.05) is 44.2 Å². The van der Waals surface area contributed by atoms with Crippen molar-refractivity contribution in [2.75, 3.05) is 19.7 Å². The van der Waals surface area contributed by atoms with Gasteiger partial charge in [-0.15, -0.1) is 0 Å². The molecular formula is C22H23NO5. The molecule has 1 aliphatic rings. The van der Waals surface area contributed by atoms with Crippen molar-refractivity contribution in [2.24, 2.45) is 0 Å². The van der Waals surface area contributed by atoms with Gasteiger partial charge in [-0.2, -0.15) is 0 Å². The minimum atomic E-state index is -0.585. The van der Waals surface area contributed by atoms with Crippen molar-refractivity contribution in [3.8, 4) is 0 Å². The van der Waals surface area contributed by atoms with Crippen molar-refractivity contribution < 1.29 is 23.9 Å². The van der Waals surface area contributed by atoms with E-state index < -0.39 is 18.0 Å². The van der Waals surface area contributed by atoms with Crippen molar-refractivity contribution in [3.05, 3.63) is 70.8 Å². The molecule has 2 aromatic carbocycles. The van der Waals surface area contributed by atoms with Crippen molar-refractivity contribution in [1.82, 2.24) is 4.90 Å². The normalized spacial score (nSPS) is 15.4. The summed E-state index contributed by atoms with van der Waals surface area (Å²) in [5.41, 5.74) is 2.39. The molecule has 0 spiro atoms. The van der Waals surface area contributed by atoms with Crippen LogP contribution in [0.15, 0.2) is 48.5 Å². The number of hydrogen-bond acceptors (Lipinski definition) is 5. The first-order valence-corrected chi connectivity index (χ1v) is 9.37. The molecule has 1 heterocycles. The summed E-state index contributed by atoms with van der Waals surface area (Å²) >= 11 is 0. The molecule has 0 aromatic heterocycles. The highest BCUT2D eigenvalue weighted by molar-refractivity contribution is 5.96. The fourth-order valence-electron chi connectivity index (χ4n) is 3.25. The Bertz CT molecular complexity index is 874. The largest absolute Gasteiger partial charge is 0.454 e. The van der Waals surface area contributed by atoms with Gasteiger partial charge in [-0.25, -0.2) is 9.59 Å². The minimum absolute atomic E-state index is 0.232. The molecule has 28 heavy (non-hydrogen) atoms. The lowest BCUT2D eigenvalue weighted by molar-refractivity contribution is -0.134. The standard InChI is InChI=1S/C22H23NO5/c1-3-23(4-2)20(24)14-27-21(25)16-10-11-18-17(12-16)13-19(28-22(18)26)15-8-6-5-7-9-15/h5-12,19H,3-4,13-14H2,1-2H3. The van der Waals surface area contributed by atoms with Crippen molar-refractivity contribution >= 4 is 17.8 Å². The van der Waals surface area contributed by atoms with E-state index in [9.17, 15) is 14.4 Å². The second-order valence-electron chi connectivity index (χ2n) is 6.52. The van der Waals surface area contributed by atoms with E-state index in [0.29, 0.717) is 30.6 Å². The van der Waals surface area contributed by atoms with Gasteiger partial charge in [0.15, 0.2) is 6.61 Å². The molecule has 2 aromatic rings. The summed E-state index contributed by atoms with van der Waals surface area (Å²) in [5.74, 6) is -1.23. The Labute approximate surface area is 164 Å². The van der Waals surface area contributed by atoms with Crippen LogP contribution in [0, 0.1) is 0 Å².